The molecule has 0 amide bonds. The van der Waals surface area contributed by atoms with Gasteiger partial charge >= 0.3 is 5.97 Å². The van der Waals surface area contributed by atoms with Crippen LogP contribution in [0.1, 0.15) is 30.7 Å². The Bertz CT molecular complexity index is 669. The average molecular weight is 327 g/mol. The van der Waals surface area contributed by atoms with E-state index in [9.17, 15) is 4.79 Å². The number of benzene rings is 1. The molecule has 2 fully saturated rings. The van der Waals surface area contributed by atoms with Gasteiger partial charge in [-0.1, -0.05) is 29.8 Å². The first-order valence-corrected chi connectivity index (χ1v) is 8.86. The number of carbonyl (C=O) groups excluding carboxylic acids is 1. The molecule has 1 aromatic carbocycles. The van der Waals surface area contributed by atoms with Crippen molar-refractivity contribution in [2.75, 3.05) is 27.3 Å². The average Bonchev–Trinajstić information content (AvgIpc) is 3.36. The number of para-hydroxylation sites is 1. The number of ether oxygens (including phenoxy) is 2. The lowest BCUT2D eigenvalue weighted by Gasteiger charge is -2.40. The zero-order chi connectivity index (χ0) is 16.7. The number of hydrogen-bond acceptors (Lipinski definition) is 4. The second kappa shape index (κ2) is 6.25. The molecule has 2 aliphatic heterocycles. The van der Waals surface area contributed by atoms with E-state index in [1.807, 2.05) is 6.07 Å². The monoisotopic (exact) mass is 327 g/mol. The maximum Gasteiger partial charge on any atom is 0.305 e. The van der Waals surface area contributed by atoms with E-state index >= 15 is 0 Å². The first kappa shape index (κ1) is 15.7. The van der Waals surface area contributed by atoms with Gasteiger partial charge < -0.3 is 9.47 Å². The fourth-order valence-corrected chi connectivity index (χ4v) is 4.76. The van der Waals surface area contributed by atoms with E-state index in [4.69, 9.17) is 9.47 Å². The van der Waals surface area contributed by atoms with Crippen molar-refractivity contribution < 1.29 is 14.3 Å². The summed E-state index contributed by atoms with van der Waals surface area (Å²) in [6, 6.07) is 8.94. The van der Waals surface area contributed by atoms with Crippen molar-refractivity contribution in [2.24, 2.45) is 11.8 Å². The summed E-state index contributed by atoms with van der Waals surface area (Å²) < 4.78 is 10.4. The normalized spacial score (nSPS) is 31.5. The number of carbonyl (C=O) groups is 1. The number of esters is 1. The SMILES string of the molecule is COC(=O)CC1CCN2CC=C3C(c4ccccc4OC)C3C2C1. The summed E-state index contributed by atoms with van der Waals surface area (Å²) in [6.45, 7) is 2.14. The molecule has 0 bridgehead atoms. The van der Waals surface area contributed by atoms with Gasteiger partial charge in [0.25, 0.3) is 0 Å². The van der Waals surface area contributed by atoms with Crippen LogP contribution in [0.5, 0.6) is 5.75 Å². The summed E-state index contributed by atoms with van der Waals surface area (Å²) in [6.07, 6.45) is 5.18. The molecule has 4 heteroatoms. The molecule has 0 aromatic heterocycles. The van der Waals surface area contributed by atoms with Gasteiger partial charge in [-0.25, -0.2) is 0 Å². The summed E-state index contributed by atoms with van der Waals surface area (Å²) >= 11 is 0. The van der Waals surface area contributed by atoms with E-state index in [-0.39, 0.29) is 5.97 Å². The Hall–Kier alpha value is -1.81. The van der Waals surface area contributed by atoms with Gasteiger partial charge in [-0.3, -0.25) is 9.69 Å². The third kappa shape index (κ3) is 2.63. The highest BCUT2D eigenvalue weighted by Gasteiger charge is 2.55. The lowest BCUT2D eigenvalue weighted by Crippen LogP contribution is -2.45. The number of nitrogens with zero attached hydrogens (tertiary/aromatic N) is 1. The van der Waals surface area contributed by atoms with Crippen LogP contribution >= 0.6 is 0 Å². The van der Waals surface area contributed by atoms with E-state index in [1.54, 1.807) is 12.7 Å². The van der Waals surface area contributed by atoms with Crippen LogP contribution in [0.2, 0.25) is 0 Å². The molecular weight excluding hydrogens is 302 g/mol. The molecule has 4 atom stereocenters. The zero-order valence-corrected chi connectivity index (χ0v) is 14.4. The summed E-state index contributed by atoms with van der Waals surface area (Å²) in [5, 5.41) is 0. The molecule has 4 unspecified atom stereocenters. The minimum atomic E-state index is -0.0721. The molecule has 1 saturated carbocycles. The Morgan fingerprint density at radius 2 is 2.12 bits per heavy atom. The Balaban J connectivity index is 1.52. The predicted molar refractivity (Wildman–Crippen MR) is 92.0 cm³/mol. The maximum atomic E-state index is 11.6. The second-order valence-corrected chi connectivity index (χ2v) is 7.18. The molecule has 4 rings (SSSR count). The molecule has 0 N–H and O–H groups in total. The summed E-state index contributed by atoms with van der Waals surface area (Å²) in [5.41, 5.74) is 2.88. The van der Waals surface area contributed by atoms with Crippen LogP contribution in [-0.2, 0) is 9.53 Å². The van der Waals surface area contributed by atoms with Gasteiger partial charge in [-0.2, -0.15) is 0 Å². The highest BCUT2D eigenvalue weighted by atomic mass is 16.5. The van der Waals surface area contributed by atoms with Crippen LogP contribution in [0.15, 0.2) is 35.9 Å². The van der Waals surface area contributed by atoms with Crippen molar-refractivity contribution in [1.29, 1.82) is 0 Å². The lowest BCUT2D eigenvalue weighted by atomic mass is 9.84. The third-order valence-corrected chi connectivity index (χ3v) is 6.00. The molecule has 2 heterocycles. The van der Waals surface area contributed by atoms with Gasteiger partial charge in [0.2, 0.25) is 0 Å². The minimum absolute atomic E-state index is 0.0721. The van der Waals surface area contributed by atoms with Crippen molar-refractivity contribution >= 4 is 5.97 Å². The number of fused-ring (bicyclic) bond motifs is 3. The van der Waals surface area contributed by atoms with Gasteiger partial charge in [0.05, 0.1) is 14.2 Å². The fourth-order valence-electron chi connectivity index (χ4n) is 4.76. The zero-order valence-electron chi connectivity index (χ0n) is 14.4. The Kier molecular flexibility index (Phi) is 4.09. The number of hydrogen-bond donors (Lipinski definition) is 0. The van der Waals surface area contributed by atoms with Crippen LogP contribution in [0.3, 0.4) is 0 Å². The van der Waals surface area contributed by atoms with Gasteiger partial charge in [0.15, 0.2) is 0 Å². The smallest absolute Gasteiger partial charge is 0.305 e. The quantitative estimate of drug-likeness (QED) is 0.629. The fraction of sp³-hybridized carbons (Fsp3) is 0.550. The Labute approximate surface area is 143 Å². The molecule has 0 spiro atoms. The van der Waals surface area contributed by atoms with Crippen molar-refractivity contribution in [1.82, 2.24) is 4.90 Å². The van der Waals surface area contributed by atoms with Crippen molar-refractivity contribution in [3.8, 4) is 5.75 Å². The third-order valence-electron chi connectivity index (χ3n) is 6.00. The van der Waals surface area contributed by atoms with E-state index in [0.29, 0.717) is 30.2 Å². The molecule has 0 radical (unpaired) electrons. The van der Waals surface area contributed by atoms with Gasteiger partial charge in [-0.15, -0.1) is 0 Å². The van der Waals surface area contributed by atoms with E-state index in [1.165, 1.54) is 12.7 Å². The molecular formula is C20H25NO3. The number of rotatable bonds is 4. The number of piperidine rings is 1. The second-order valence-electron chi connectivity index (χ2n) is 7.18. The van der Waals surface area contributed by atoms with Crippen molar-refractivity contribution in [2.45, 2.75) is 31.2 Å². The first-order valence-electron chi connectivity index (χ1n) is 8.86. The predicted octanol–water partition coefficient (Wildman–Crippen LogP) is 2.99. The Morgan fingerprint density at radius 3 is 2.92 bits per heavy atom. The molecule has 1 aliphatic carbocycles. The molecule has 1 saturated heterocycles. The first-order chi connectivity index (χ1) is 11.7. The summed E-state index contributed by atoms with van der Waals surface area (Å²) in [5.74, 6) is 2.46. The lowest BCUT2D eigenvalue weighted by molar-refractivity contribution is -0.142. The van der Waals surface area contributed by atoms with Crippen LogP contribution < -0.4 is 4.74 Å². The molecule has 24 heavy (non-hydrogen) atoms. The van der Waals surface area contributed by atoms with Crippen molar-refractivity contribution in [3.05, 3.63) is 41.5 Å². The molecule has 128 valence electrons. The topological polar surface area (TPSA) is 38.8 Å². The van der Waals surface area contributed by atoms with Crippen LogP contribution in [0, 0.1) is 11.8 Å². The van der Waals surface area contributed by atoms with Crippen molar-refractivity contribution in [3.63, 3.8) is 0 Å². The van der Waals surface area contributed by atoms with E-state index < -0.39 is 0 Å². The van der Waals surface area contributed by atoms with Crippen LogP contribution in [0.4, 0.5) is 0 Å². The highest BCUT2D eigenvalue weighted by Crippen LogP contribution is 2.61. The standard InChI is InChI=1S/C20H25NO3/c1-23-17-6-4-3-5-14(17)19-15-8-10-21-9-7-13(12-18(22)24-2)11-16(21)20(15)19/h3-6,8,13,16,19-20H,7,9-12H2,1-2H3. The molecule has 4 nitrogen and oxygen atoms in total. The van der Waals surface area contributed by atoms with Gasteiger partial charge in [0.1, 0.15) is 5.75 Å². The van der Waals surface area contributed by atoms with Crippen LogP contribution in [-0.4, -0.2) is 44.2 Å². The highest BCUT2D eigenvalue weighted by molar-refractivity contribution is 5.69. The summed E-state index contributed by atoms with van der Waals surface area (Å²) in [4.78, 5) is 14.2. The molecule has 1 aromatic rings. The maximum absolute atomic E-state index is 11.6. The van der Waals surface area contributed by atoms with Gasteiger partial charge in [0, 0.05) is 36.4 Å². The molecule has 3 aliphatic rings. The summed E-state index contributed by atoms with van der Waals surface area (Å²) in [7, 11) is 3.23. The van der Waals surface area contributed by atoms with E-state index in [0.717, 1.165) is 31.7 Å². The number of methoxy groups -OCH3 is 2. The largest absolute Gasteiger partial charge is 0.496 e. The Morgan fingerprint density at radius 1 is 1.29 bits per heavy atom. The van der Waals surface area contributed by atoms with E-state index in [2.05, 4.69) is 29.2 Å². The minimum Gasteiger partial charge on any atom is -0.496 e. The van der Waals surface area contributed by atoms with Gasteiger partial charge in [-0.05, 0) is 31.4 Å². The van der Waals surface area contributed by atoms with Crippen LogP contribution in [0.25, 0.3) is 0 Å².